The Labute approximate surface area is 160 Å². The van der Waals surface area contributed by atoms with Crippen LogP contribution in [0.3, 0.4) is 0 Å². The molecule has 1 fully saturated rings. The fourth-order valence-electron chi connectivity index (χ4n) is 2.92. The molecule has 1 aliphatic heterocycles. The smallest absolute Gasteiger partial charge is 0.410 e. The molecule has 1 aliphatic rings. The van der Waals surface area contributed by atoms with Crippen LogP contribution in [0.5, 0.6) is 5.75 Å². The highest BCUT2D eigenvalue weighted by atomic mass is 19.1. The maximum absolute atomic E-state index is 12.9. The van der Waals surface area contributed by atoms with Crippen molar-refractivity contribution in [3.05, 3.63) is 30.1 Å². The molecule has 0 radical (unpaired) electrons. The third kappa shape index (κ3) is 6.73. The van der Waals surface area contributed by atoms with Crippen LogP contribution in [0.1, 0.15) is 33.6 Å². The van der Waals surface area contributed by atoms with Gasteiger partial charge in [0.05, 0.1) is 12.5 Å². The number of carbonyl (C=O) groups excluding carboxylic acids is 2. The van der Waals surface area contributed by atoms with Crippen molar-refractivity contribution in [2.75, 3.05) is 33.3 Å². The lowest BCUT2D eigenvalue weighted by Crippen LogP contribution is -2.47. The average molecular weight is 380 g/mol. The van der Waals surface area contributed by atoms with E-state index in [1.54, 1.807) is 29.0 Å². The number of hydrogen-bond donors (Lipinski definition) is 0. The van der Waals surface area contributed by atoms with Crippen molar-refractivity contribution < 1.29 is 23.5 Å². The Hall–Kier alpha value is -2.31. The summed E-state index contributed by atoms with van der Waals surface area (Å²) in [6.45, 7) is 7.19. The summed E-state index contributed by atoms with van der Waals surface area (Å²) in [6.07, 6.45) is 1.15. The maximum atomic E-state index is 12.9. The Balaban J connectivity index is 1.80. The van der Waals surface area contributed by atoms with Gasteiger partial charge in [-0.3, -0.25) is 4.79 Å². The van der Waals surface area contributed by atoms with Crippen molar-refractivity contribution in [1.29, 1.82) is 0 Å². The van der Waals surface area contributed by atoms with Gasteiger partial charge < -0.3 is 19.3 Å². The quantitative estimate of drug-likeness (QED) is 0.786. The molecule has 2 rings (SSSR count). The number of halogens is 1. The second kappa shape index (κ2) is 9.06. The molecule has 1 aromatic rings. The van der Waals surface area contributed by atoms with E-state index in [0.29, 0.717) is 32.0 Å². The van der Waals surface area contributed by atoms with E-state index in [0.717, 1.165) is 12.8 Å². The first-order chi connectivity index (χ1) is 12.7. The monoisotopic (exact) mass is 380 g/mol. The summed E-state index contributed by atoms with van der Waals surface area (Å²) in [5, 5.41) is 0. The number of rotatable bonds is 5. The van der Waals surface area contributed by atoms with Gasteiger partial charge >= 0.3 is 6.09 Å². The fourth-order valence-corrected chi connectivity index (χ4v) is 2.92. The Morgan fingerprint density at radius 3 is 2.56 bits per heavy atom. The van der Waals surface area contributed by atoms with Gasteiger partial charge in [0.25, 0.3) is 0 Å². The zero-order valence-electron chi connectivity index (χ0n) is 16.5. The molecule has 6 nitrogen and oxygen atoms in total. The molecule has 0 aliphatic carbocycles. The first-order valence-corrected chi connectivity index (χ1v) is 9.27. The van der Waals surface area contributed by atoms with Gasteiger partial charge in [-0.2, -0.15) is 0 Å². The van der Waals surface area contributed by atoms with Crippen molar-refractivity contribution in [2.24, 2.45) is 5.92 Å². The van der Waals surface area contributed by atoms with Gasteiger partial charge in [-0.25, -0.2) is 9.18 Å². The Bertz CT molecular complexity index is 642. The topological polar surface area (TPSA) is 59.1 Å². The second-order valence-corrected chi connectivity index (χ2v) is 7.83. The Morgan fingerprint density at radius 1 is 1.26 bits per heavy atom. The van der Waals surface area contributed by atoms with Crippen LogP contribution < -0.4 is 4.74 Å². The maximum Gasteiger partial charge on any atom is 0.410 e. The SMILES string of the molecule is CN(CCOc1ccc(F)cc1)C(=O)C1CCCN(C(=O)OC(C)(C)C)C1. The summed E-state index contributed by atoms with van der Waals surface area (Å²) in [5.41, 5.74) is -0.553. The van der Waals surface area contributed by atoms with Gasteiger partial charge in [-0.1, -0.05) is 0 Å². The molecule has 1 unspecified atom stereocenters. The van der Waals surface area contributed by atoms with E-state index in [1.807, 2.05) is 20.8 Å². The third-order valence-electron chi connectivity index (χ3n) is 4.31. The number of benzene rings is 1. The molecule has 7 heteroatoms. The van der Waals surface area contributed by atoms with E-state index in [1.165, 1.54) is 12.1 Å². The predicted octanol–water partition coefficient (Wildman–Crippen LogP) is 3.31. The molecule has 1 heterocycles. The van der Waals surface area contributed by atoms with E-state index in [4.69, 9.17) is 9.47 Å². The van der Waals surface area contributed by atoms with Crippen LogP contribution in [0.2, 0.25) is 0 Å². The number of amides is 2. The molecule has 0 spiro atoms. The number of likely N-dealkylation sites (tertiary alicyclic amines) is 1. The lowest BCUT2D eigenvalue weighted by molar-refractivity contribution is -0.136. The number of piperidine rings is 1. The van der Waals surface area contributed by atoms with Crippen molar-refractivity contribution in [3.63, 3.8) is 0 Å². The Kier molecular flexibility index (Phi) is 7.05. The molecule has 1 aromatic carbocycles. The lowest BCUT2D eigenvalue weighted by atomic mass is 9.97. The highest BCUT2D eigenvalue weighted by Crippen LogP contribution is 2.21. The van der Waals surface area contributed by atoms with Crippen LogP contribution in [0.25, 0.3) is 0 Å². The van der Waals surface area contributed by atoms with Gasteiger partial charge in [-0.05, 0) is 57.9 Å². The minimum absolute atomic E-state index is 0.00837. The van der Waals surface area contributed by atoms with E-state index < -0.39 is 5.60 Å². The van der Waals surface area contributed by atoms with Crippen molar-refractivity contribution in [3.8, 4) is 5.75 Å². The summed E-state index contributed by atoms with van der Waals surface area (Å²) in [7, 11) is 1.72. The lowest BCUT2D eigenvalue weighted by Gasteiger charge is -2.35. The molecule has 0 saturated carbocycles. The number of hydrogen-bond acceptors (Lipinski definition) is 4. The molecule has 1 saturated heterocycles. The first-order valence-electron chi connectivity index (χ1n) is 9.27. The van der Waals surface area contributed by atoms with Gasteiger partial charge in [0.15, 0.2) is 0 Å². The molecule has 0 N–H and O–H groups in total. The number of likely N-dealkylation sites (N-methyl/N-ethyl adjacent to an activating group) is 1. The predicted molar refractivity (Wildman–Crippen MR) is 100 cm³/mol. The molecule has 0 bridgehead atoms. The molecular weight excluding hydrogens is 351 g/mol. The van der Waals surface area contributed by atoms with E-state index >= 15 is 0 Å². The van der Waals surface area contributed by atoms with E-state index in [2.05, 4.69) is 0 Å². The molecular formula is C20H29FN2O4. The van der Waals surface area contributed by atoms with Crippen molar-refractivity contribution in [2.45, 2.75) is 39.2 Å². The molecule has 27 heavy (non-hydrogen) atoms. The van der Waals surface area contributed by atoms with Crippen LogP contribution in [-0.2, 0) is 9.53 Å². The molecule has 0 aromatic heterocycles. The van der Waals surface area contributed by atoms with Crippen LogP contribution in [0.4, 0.5) is 9.18 Å². The van der Waals surface area contributed by atoms with Gasteiger partial charge in [0.2, 0.25) is 5.91 Å². The third-order valence-corrected chi connectivity index (χ3v) is 4.31. The number of ether oxygens (including phenoxy) is 2. The average Bonchev–Trinajstić information content (AvgIpc) is 2.61. The molecule has 2 amide bonds. The zero-order chi connectivity index (χ0) is 20.0. The first kappa shape index (κ1) is 21.0. The minimum Gasteiger partial charge on any atom is -0.492 e. The summed E-state index contributed by atoms with van der Waals surface area (Å²) in [4.78, 5) is 28.1. The number of carbonyl (C=O) groups is 2. The summed E-state index contributed by atoms with van der Waals surface area (Å²) in [5.74, 6) is 0.000515. The summed E-state index contributed by atoms with van der Waals surface area (Å²) < 4.78 is 23.8. The standard InChI is InChI=1S/C20H29FN2O4/c1-20(2,3)27-19(25)23-11-5-6-15(14-23)18(24)22(4)12-13-26-17-9-7-16(21)8-10-17/h7-10,15H,5-6,11-14H2,1-4H3. The van der Waals surface area contributed by atoms with E-state index in [-0.39, 0.29) is 23.7 Å². The summed E-state index contributed by atoms with van der Waals surface area (Å²) in [6, 6.07) is 5.77. The van der Waals surface area contributed by atoms with Crippen LogP contribution in [-0.4, -0.2) is 60.7 Å². The van der Waals surface area contributed by atoms with Crippen molar-refractivity contribution >= 4 is 12.0 Å². The fraction of sp³-hybridized carbons (Fsp3) is 0.600. The Morgan fingerprint density at radius 2 is 1.93 bits per heavy atom. The minimum atomic E-state index is -0.553. The van der Waals surface area contributed by atoms with Gasteiger partial charge in [-0.15, -0.1) is 0 Å². The zero-order valence-corrected chi connectivity index (χ0v) is 16.5. The van der Waals surface area contributed by atoms with Crippen LogP contribution in [0.15, 0.2) is 24.3 Å². The summed E-state index contributed by atoms with van der Waals surface area (Å²) >= 11 is 0. The normalized spacial score (nSPS) is 17.4. The van der Waals surface area contributed by atoms with Gasteiger partial charge in [0, 0.05) is 20.1 Å². The molecule has 1 atom stereocenters. The van der Waals surface area contributed by atoms with E-state index in [9.17, 15) is 14.0 Å². The van der Waals surface area contributed by atoms with Crippen LogP contribution in [0, 0.1) is 11.7 Å². The highest BCUT2D eigenvalue weighted by molar-refractivity contribution is 5.80. The van der Waals surface area contributed by atoms with Crippen LogP contribution >= 0.6 is 0 Å². The largest absolute Gasteiger partial charge is 0.492 e. The second-order valence-electron chi connectivity index (χ2n) is 7.83. The van der Waals surface area contributed by atoms with Crippen molar-refractivity contribution in [1.82, 2.24) is 9.80 Å². The molecule has 150 valence electrons. The van der Waals surface area contributed by atoms with Gasteiger partial charge in [0.1, 0.15) is 23.8 Å². The highest BCUT2D eigenvalue weighted by Gasteiger charge is 2.32. The number of nitrogens with zero attached hydrogens (tertiary/aromatic N) is 2.